The van der Waals surface area contributed by atoms with Crippen molar-refractivity contribution in [1.82, 2.24) is 0 Å². The SMILES string of the molecule is CC(=O)OCC1O[C@@H](O[C@H]2C(COC(C)=O)O[C@@H](Sc3ccccc3)C(OC(C)=O)[C@H]2C)C(OC(C)=O)[C@@H](C)[C@H]1OC(C)=O.CCC1O[C@@H](C)C(OC(C)=O)[C@@H](C)[C@H]1O[C@@H]1OC(COC(C)=O)[C@H](C)[C@H](C)C1OC(C)=O. The Balaban J connectivity index is 0.000000346. The molecule has 428 valence electrons. The first-order chi connectivity index (χ1) is 35.7. The molecule has 22 nitrogen and oxygen atoms in total. The summed E-state index contributed by atoms with van der Waals surface area (Å²) < 4.78 is 81.3. The zero-order chi connectivity index (χ0) is 56.7. The maximum atomic E-state index is 12.2. The van der Waals surface area contributed by atoms with Crippen molar-refractivity contribution in [3.8, 4) is 0 Å². The average Bonchev–Trinajstić information content (AvgIpc) is 3.33. The van der Waals surface area contributed by atoms with Gasteiger partial charge in [0.2, 0.25) is 0 Å². The highest BCUT2D eigenvalue weighted by atomic mass is 32.2. The lowest BCUT2D eigenvalue weighted by atomic mass is 9.83. The van der Waals surface area contributed by atoms with Crippen LogP contribution in [-0.4, -0.2) is 159 Å². The summed E-state index contributed by atoms with van der Waals surface area (Å²) >= 11 is 1.34. The van der Waals surface area contributed by atoms with Crippen molar-refractivity contribution in [2.45, 2.75) is 206 Å². The van der Waals surface area contributed by atoms with Gasteiger partial charge in [0.15, 0.2) is 24.8 Å². The van der Waals surface area contributed by atoms with Gasteiger partial charge in [0.25, 0.3) is 0 Å². The summed E-state index contributed by atoms with van der Waals surface area (Å²) in [5.41, 5.74) is -0.697. The van der Waals surface area contributed by atoms with Crippen LogP contribution in [0.5, 0.6) is 0 Å². The molecular formula is C53H78O22S. The fraction of sp³-hybridized carbons (Fsp3) is 0.736. The first-order valence-electron chi connectivity index (χ1n) is 25.6. The molecule has 0 amide bonds. The van der Waals surface area contributed by atoms with Crippen molar-refractivity contribution in [3.05, 3.63) is 30.3 Å². The minimum Gasteiger partial charge on any atom is -0.463 e. The first kappa shape index (κ1) is 63.6. The highest BCUT2D eigenvalue weighted by Gasteiger charge is 2.54. The van der Waals surface area contributed by atoms with E-state index in [1.807, 2.05) is 65.0 Å². The van der Waals surface area contributed by atoms with E-state index in [4.69, 9.17) is 66.3 Å². The molecule has 4 aliphatic rings. The summed E-state index contributed by atoms with van der Waals surface area (Å²) in [6.07, 6.45) is -9.62. The number of carbonyl (C=O) groups excluding carboxylic acids is 8. The molecule has 0 bridgehead atoms. The van der Waals surface area contributed by atoms with E-state index in [1.165, 1.54) is 67.2 Å². The Labute approximate surface area is 449 Å². The van der Waals surface area contributed by atoms with E-state index >= 15 is 0 Å². The molecule has 4 saturated heterocycles. The molecule has 0 radical (unpaired) electrons. The van der Waals surface area contributed by atoms with Crippen LogP contribution in [0.4, 0.5) is 0 Å². The van der Waals surface area contributed by atoms with Crippen LogP contribution >= 0.6 is 11.8 Å². The normalized spacial score (nSPS) is 35.1. The van der Waals surface area contributed by atoms with E-state index in [0.717, 1.165) is 4.90 Å². The van der Waals surface area contributed by atoms with Crippen LogP contribution < -0.4 is 0 Å². The third kappa shape index (κ3) is 18.4. The van der Waals surface area contributed by atoms with E-state index in [1.54, 1.807) is 13.8 Å². The topological polar surface area (TPSA) is 266 Å². The molecular weight excluding hydrogens is 1020 g/mol. The summed E-state index contributed by atoms with van der Waals surface area (Å²) in [5, 5.41) is 0. The third-order valence-electron chi connectivity index (χ3n) is 13.6. The zero-order valence-electron chi connectivity index (χ0n) is 46.2. The highest BCUT2D eigenvalue weighted by molar-refractivity contribution is 7.99. The molecule has 0 aromatic heterocycles. The van der Waals surface area contributed by atoms with Crippen molar-refractivity contribution >= 4 is 59.5 Å². The van der Waals surface area contributed by atoms with Gasteiger partial charge in [0.1, 0.15) is 55.8 Å². The Hall–Kier alpha value is -4.91. The van der Waals surface area contributed by atoms with Crippen LogP contribution in [0.3, 0.4) is 0 Å². The van der Waals surface area contributed by atoms with Gasteiger partial charge < -0.3 is 66.3 Å². The number of ether oxygens (including phenoxy) is 14. The van der Waals surface area contributed by atoms with Gasteiger partial charge in [-0.25, -0.2) is 0 Å². The van der Waals surface area contributed by atoms with E-state index in [-0.39, 0.29) is 55.8 Å². The van der Waals surface area contributed by atoms with Crippen LogP contribution in [0.15, 0.2) is 35.2 Å². The lowest BCUT2D eigenvalue weighted by Crippen LogP contribution is -2.62. The number of rotatable bonds is 18. The smallest absolute Gasteiger partial charge is 0.303 e. The van der Waals surface area contributed by atoms with Gasteiger partial charge in [-0.1, -0.05) is 71.5 Å². The molecule has 20 atom stereocenters. The van der Waals surface area contributed by atoms with E-state index in [0.29, 0.717) is 6.42 Å². The summed E-state index contributed by atoms with van der Waals surface area (Å²) in [6, 6.07) is 9.37. The summed E-state index contributed by atoms with van der Waals surface area (Å²) in [7, 11) is 0. The maximum Gasteiger partial charge on any atom is 0.303 e. The molecule has 76 heavy (non-hydrogen) atoms. The van der Waals surface area contributed by atoms with Gasteiger partial charge in [0.05, 0.1) is 30.5 Å². The van der Waals surface area contributed by atoms with E-state index in [9.17, 15) is 38.4 Å². The second-order valence-electron chi connectivity index (χ2n) is 19.6. The summed E-state index contributed by atoms with van der Waals surface area (Å²) in [5.74, 6) is -5.68. The third-order valence-corrected chi connectivity index (χ3v) is 14.7. The van der Waals surface area contributed by atoms with Crippen LogP contribution in [0.2, 0.25) is 0 Å². The van der Waals surface area contributed by atoms with Crippen molar-refractivity contribution in [1.29, 1.82) is 0 Å². The molecule has 4 fully saturated rings. The Kier molecular flexibility index (Phi) is 24.9. The minimum atomic E-state index is -1.27. The standard InChI is InChI=1S/C30H40O13S.C23H38O9/c1-15-25(38-19(5)33)23(13-36-17(3)31)41-29(27(15)39-20(6)34)43-26-16(2)28(40-21(7)35)30(42-24(26)14-37-18(4)32)44-22-11-9-8-10-12-22;1-9-18-21(13(4)20(14(5)28-18)29-16(7)25)32-23-22(30-17(8)26)12(3)11(2)19(31-23)10-27-15(6)24/h8-12,15-16,23-30H,13-14H2,1-7H3;11-14,18-23H,9-10H2,1-8H3/t15-,16-,23?,24?,25+,26+,27?,28?,29-,30-;11-,12+,13-,14+,18?,19?,20?,21-,22?,23+/m01/s1. The Morgan fingerprint density at radius 2 is 0.789 bits per heavy atom. The Morgan fingerprint density at radius 3 is 1.26 bits per heavy atom. The van der Waals surface area contributed by atoms with Crippen LogP contribution in [-0.2, 0) is 105 Å². The average molecular weight is 1100 g/mol. The Morgan fingerprint density at radius 1 is 0.408 bits per heavy atom. The molecule has 4 heterocycles. The molecule has 1 aromatic carbocycles. The quantitative estimate of drug-likeness (QED) is 0.131. The molecule has 0 N–H and O–H groups in total. The van der Waals surface area contributed by atoms with Gasteiger partial charge in [0, 0.05) is 84.0 Å². The molecule has 8 unspecified atom stereocenters. The molecule has 0 spiro atoms. The lowest BCUT2D eigenvalue weighted by Gasteiger charge is -2.48. The second-order valence-corrected chi connectivity index (χ2v) is 20.8. The number of hydrogen-bond donors (Lipinski definition) is 0. The van der Waals surface area contributed by atoms with E-state index in [2.05, 4.69) is 0 Å². The van der Waals surface area contributed by atoms with Crippen LogP contribution in [0, 0.1) is 29.6 Å². The molecule has 4 aliphatic heterocycles. The number of carbonyl (C=O) groups is 8. The van der Waals surface area contributed by atoms with Gasteiger partial charge >= 0.3 is 47.8 Å². The van der Waals surface area contributed by atoms with Gasteiger partial charge in [-0.15, -0.1) is 0 Å². The fourth-order valence-corrected chi connectivity index (χ4v) is 11.0. The van der Waals surface area contributed by atoms with Crippen LogP contribution in [0.1, 0.15) is 110 Å². The zero-order valence-corrected chi connectivity index (χ0v) is 47.0. The fourth-order valence-electron chi connectivity index (χ4n) is 9.74. The van der Waals surface area contributed by atoms with Gasteiger partial charge in [-0.05, 0) is 31.4 Å². The lowest BCUT2D eigenvalue weighted by molar-refractivity contribution is -0.327. The highest BCUT2D eigenvalue weighted by Crippen LogP contribution is 2.42. The molecule has 0 aliphatic carbocycles. The predicted molar refractivity (Wildman–Crippen MR) is 266 cm³/mol. The number of esters is 8. The molecule has 1 aromatic rings. The predicted octanol–water partition coefficient (Wildman–Crippen LogP) is 5.44. The van der Waals surface area contributed by atoms with Crippen molar-refractivity contribution < 1.29 is 105 Å². The maximum absolute atomic E-state index is 12.2. The monoisotopic (exact) mass is 1100 g/mol. The summed E-state index contributed by atoms with van der Waals surface area (Å²) in [4.78, 5) is 95.3. The van der Waals surface area contributed by atoms with Crippen molar-refractivity contribution in [2.75, 3.05) is 19.8 Å². The Bertz CT molecular complexity index is 2100. The van der Waals surface area contributed by atoms with Gasteiger partial charge in [-0.2, -0.15) is 0 Å². The van der Waals surface area contributed by atoms with Crippen molar-refractivity contribution in [2.24, 2.45) is 29.6 Å². The van der Waals surface area contributed by atoms with E-state index < -0.39 is 133 Å². The molecule has 5 rings (SSSR count). The largest absolute Gasteiger partial charge is 0.463 e. The van der Waals surface area contributed by atoms with Gasteiger partial charge in [-0.3, -0.25) is 38.4 Å². The van der Waals surface area contributed by atoms with Crippen molar-refractivity contribution in [3.63, 3.8) is 0 Å². The molecule has 0 saturated carbocycles. The summed E-state index contributed by atoms with van der Waals surface area (Å²) in [6.45, 7) is 23.1. The first-order valence-corrected chi connectivity index (χ1v) is 26.5. The minimum absolute atomic E-state index is 0.0469. The molecule has 23 heteroatoms. The second kappa shape index (κ2) is 29.7. The number of thioether (sulfide) groups is 1. The number of hydrogen-bond acceptors (Lipinski definition) is 23. The number of benzene rings is 1. The van der Waals surface area contributed by atoms with Crippen LogP contribution in [0.25, 0.3) is 0 Å².